The highest BCUT2D eigenvalue weighted by molar-refractivity contribution is 14.0. The van der Waals surface area contributed by atoms with E-state index in [1.54, 1.807) is 11.3 Å². The highest BCUT2D eigenvalue weighted by atomic mass is 127. The summed E-state index contributed by atoms with van der Waals surface area (Å²) in [6, 6.07) is 7.99. The molecule has 0 spiro atoms. The number of benzene rings is 1. The van der Waals surface area contributed by atoms with Crippen LogP contribution in [-0.4, -0.2) is 43.7 Å². The molecule has 0 bridgehead atoms. The van der Waals surface area contributed by atoms with Crippen molar-refractivity contribution in [1.29, 1.82) is 0 Å². The van der Waals surface area contributed by atoms with Crippen LogP contribution in [0.5, 0.6) is 0 Å². The Morgan fingerprint density at radius 1 is 1.25 bits per heavy atom. The molecule has 1 saturated heterocycles. The van der Waals surface area contributed by atoms with E-state index >= 15 is 0 Å². The van der Waals surface area contributed by atoms with Crippen LogP contribution in [0, 0.1) is 0 Å². The van der Waals surface area contributed by atoms with Crippen LogP contribution in [0.25, 0.3) is 0 Å². The fraction of sp³-hybridized carbons (Fsp3) is 0.500. The summed E-state index contributed by atoms with van der Waals surface area (Å²) in [6.45, 7) is 6.77. The van der Waals surface area contributed by atoms with Crippen molar-refractivity contribution < 1.29 is 0 Å². The first-order chi connectivity index (χ1) is 13.2. The van der Waals surface area contributed by atoms with E-state index in [1.165, 1.54) is 18.4 Å². The van der Waals surface area contributed by atoms with Gasteiger partial charge in [0.1, 0.15) is 0 Å². The number of guanidine groups is 1. The molecule has 5 nitrogen and oxygen atoms in total. The minimum Gasteiger partial charge on any atom is -0.357 e. The lowest BCUT2D eigenvalue weighted by atomic mass is 10.1. The van der Waals surface area contributed by atoms with Crippen LogP contribution in [0.2, 0.25) is 5.02 Å². The summed E-state index contributed by atoms with van der Waals surface area (Å²) >= 11 is 7.79. The zero-order valence-electron chi connectivity index (χ0n) is 16.3. The second-order valence-corrected chi connectivity index (χ2v) is 7.91. The van der Waals surface area contributed by atoms with Gasteiger partial charge in [-0.2, -0.15) is 0 Å². The van der Waals surface area contributed by atoms with Crippen LogP contribution >= 0.6 is 46.9 Å². The van der Waals surface area contributed by atoms with Crippen molar-refractivity contribution in [3.63, 3.8) is 0 Å². The average molecular weight is 534 g/mol. The molecule has 28 heavy (non-hydrogen) atoms. The summed E-state index contributed by atoms with van der Waals surface area (Å²) < 4.78 is 0. The minimum absolute atomic E-state index is 0. The molecule has 0 aliphatic carbocycles. The predicted molar refractivity (Wildman–Crippen MR) is 132 cm³/mol. The summed E-state index contributed by atoms with van der Waals surface area (Å²) in [6.07, 6.45) is 4.35. The van der Waals surface area contributed by atoms with E-state index in [4.69, 9.17) is 16.6 Å². The van der Waals surface area contributed by atoms with Crippen molar-refractivity contribution in [3.05, 3.63) is 45.9 Å². The molecule has 0 atom stereocenters. The molecular formula is C20H29ClIN5S. The first kappa shape index (κ1) is 23.2. The van der Waals surface area contributed by atoms with Crippen LogP contribution < -0.4 is 15.5 Å². The van der Waals surface area contributed by atoms with Gasteiger partial charge in [-0.05, 0) is 43.9 Å². The Bertz CT molecular complexity index is 746. The highest BCUT2D eigenvalue weighted by Crippen LogP contribution is 2.24. The van der Waals surface area contributed by atoms with Crippen molar-refractivity contribution in [3.8, 4) is 0 Å². The van der Waals surface area contributed by atoms with E-state index in [1.807, 2.05) is 18.2 Å². The third-order valence-electron chi connectivity index (χ3n) is 4.49. The van der Waals surface area contributed by atoms with Gasteiger partial charge in [0.25, 0.3) is 0 Å². The number of halogens is 2. The molecule has 0 unspecified atom stereocenters. The number of thiazole rings is 1. The second-order valence-electron chi connectivity index (χ2n) is 6.63. The summed E-state index contributed by atoms with van der Waals surface area (Å²) in [5, 5.41) is 10.8. The second kappa shape index (κ2) is 12.5. The lowest BCUT2D eigenvalue weighted by Crippen LogP contribution is -2.38. The predicted octanol–water partition coefficient (Wildman–Crippen LogP) is 4.36. The lowest BCUT2D eigenvalue weighted by molar-refractivity contribution is 0.794. The molecule has 1 aromatic carbocycles. The van der Waals surface area contributed by atoms with E-state index in [9.17, 15) is 0 Å². The monoisotopic (exact) mass is 533 g/mol. The number of nitrogens with one attached hydrogen (secondary N) is 2. The van der Waals surface area contributed by atoms with Gasteiger partial charge in [-0.3, -0.25) is 4.99 Å². The summed E-state index contributed by atoms with van der Waals surface area (Å²) in [4.78, 5) is 11.8. The molecule has 2 N–H and O–H groups in total. The van der Waals surface area contributed by atoms with Crippen LogP contribution in [-0.2, 0) is 12.8 Å². The third-order valence-corrected chi connectivity index (χ3v) is 5.68. The molecule has 154 valence electrons. The fourth-order valence-corrected chi connectivity index (χ4v) is 4.23. The quantitative estimate of drug-likeness (QED) is 0.301. The number of rotatable bonds is 8. The number of nitrogens with zero attached hydrogens (tertiary/aromatic N) is 3. The molecule has 1 fully saturated rings. The van der Waals surface area contributed by atoms with Gasteiger partial charge in [0, 0.05) is 49.5 Å². The molecule has 1 aromatic heterocycles. The van der Waals surface area contributed by atoms with E-state index in [-0.39, 0.29) is 24.0 Å². The zero-order valence-corrected chi connectivity index (χ0v) is 20.2. The molecule has 8 heteroatoms. The molecule has 2 heterocycles. The molecule has 0 saturated carbocycles. The smallest absolute Gasteiger partial charge is 0.191 e. The minimum atomic E-state index is 0. The van der Waals surface area contributed by atoms with Crippen molar-refractivity contribution in [2.24, 2.45) is 4.99 Å². The summed E-state index contributed by atoms with van der Waals surface area (Å²) in [7, 11) is 0. The van der Waals surface area contributed by atoms with E-state index < -0.39 is 0 Å². The van der Waals surface area contributed by atoms with E-state index in [2.05, 4.69) is 38.9 Å². The van der Waals surface area contributed by atoms with Gasteiger partial charge in [-0.1, -0.05) is 23.7 Å². The Morgan fingerprint density at radius 2 is 2.07 bits per heavy atom. The number of hydrogen-bond acceptors (Lipinski definition) is 4. The summed E-state index contributed by atoms with van der Waals surface area (Å²) in [5.41, 5.74) is 2.36. The molecule has 0 amide bonds. The van der Waals surface area contributed by atoms with E-state index in [0.717, 1.165) is 67.4 Å². The maximum Gasteiger partial charge on any atom is 0.191 e. The van der Waals surface area contributed by atoms with Gasteiger partial charge < -0.3 is 15.5 Å². The highest BCUT2D eigenvalue weighted by Gasteiger charge is 2.15. The van der Waals surface area contributed by atoms with Crippen LogP contribution in [0.4, 0.5) is 5.13 Å². The zero-order chi connectivity index (χ0) is 18.9. The topological polar surface area (TPSA) is 52.6 Å². The van der Waals surface area contributed by atoms with Gasteiger partial charge in [-0.25, -0.2) is 4.98 Å². The average Bonchev–Trinajstić information content (AvgIpc) is 3.33. The van der Waals surface area contributed by atoms with Gasteiger partial charge in [0.05, 0.1) is 5.69 Å². The van der Waals surface area contributed by atoms with Crippen molar-refractivity contribution in [2.45, 2.75) is 32.6 Å². The van der Waals surface area contributed by atoms with E-state index in [0.29, 0.717) is 0 Å². The SMILES string of the molecule is CCNC(=NCCc1csc(N2CCCC2)n1)NCCc1cccc(Cl)c1.I. The number of anilines is 1. The molecule has 1 aliphatic rings. The largest absolute Gasteiger partial charge is 0.357 e. The Morgan fingerprint density at radius 3 is 2.82 bits per heavy atom. The molecular weight excluding hydrogens is 505 g/mol. The third kappa shape index (κ3) is 7.40. The lowest BCUT2D eigenvalue weighted by Gasteiger charge is -2.12. The molecule has 3 rings (SSSR count). The van der Waals surface area contributed by atoms with Gasteiger partial charge >= 0.3 is 0 Å². The fourth-order valence-electron chi connectivity index (χ4n) is 3.11. The number of hydrogen-bond donors (Lipinski definition) is 2. The maximum absolute atomic E-state index is 6.04. The first-order valence-corrected chi connectivity index (χ1v) is 11.0. The number of aromatic nitrogens is 1. The normalized spacial score (nSPS) is 14.1. The Kier molecular flexibility index (Phi) is 10.4. The van der Waals surface area contributed by atoms with Crippen LogP contribution in [0.15, 0.2) is 34.6 Å². The van der Waals surface area contributed by atoms with Gasteiger partial charge in [-0.15, -0.1) is 35.3 Å². The summed E-state index contributed by atoms with van der Waals surface area (Å²) in [5.74, 6) is 0.856. The Labute approximate surface area is 194 Å². The van der Waals surface area contributed by atoms with Crippen molar-refractivity contribution >= 4 is 58.0 Å². The van der Waals surface area contributed by atoms with Gasteiger partial charge in [0.2, 0.25) is 0 Å². The maximum atomic E-state index is 6.04. The standard InChI is InChI=1S/C20H28ClN5S.HI/c1-2-22-19(23-10-8-16-6-5-7-17(21)14-16)24-11-9-18-15-27-20(25-18)26-12-3-4-13-26;/h5-7,14-15H,2-4,8-13H2,1H3,(H2,22,23,24);1H. The Balaban J connectivity index is 0.00000280. The van der Waals surface area contributed by atoms with Crippen LogP contribution in [0.3, 0.4) is 0 Å². The first-order valence-electron chi connectivity index (χ1n) is 9.70. The molecule has 0 radical (unpaired) electrons. The van der Waals surface area contributed by atoms with Gasteiger partial charge in [0.15, 0.2) is 11.1 Å². The Hall–Kier alpha value is -1.06. The molecule has 2 aromatic rings. The van der Waals surface area contributed by atoms with Crippen molar-refractivity contribution in [2.75, 3.05) is 37.6 Å². The molecule has 1 aliphatic heterocycles. The van der Waals surface area contributed by atoms with Crippen molar-refractivity contribution in [1.82, 2.24) is 15.6 Å². The van der Waals surface area contributed by atoms with Crippen LogP contribution in [0.1, 0.15) is 31.0 Å². The number of aliphatic imine (C=N–C) groups is 1.